The van der Waals surface area contributed by atoms with Gasteiger partial charge in [-0.25, -0.2) is 13.2 Å². The van der Waals surface area contributed by atoms with Crippen LogP contribution in [0, 0.1) is 13.8 Å². The fourth-order valence-electron chi connectivity index (χ4n) is 1.62. The third-order valence-electron chi connectivity index (χ3n) is 2.66. The first kappa shape index (κ1) is 14.5. The van der Waals surface area contributed by atoms with Crippen LogP contribution in [-0.4, -0.2) is 19.5 Å². The van der Waals surface area contributed by atoms with Gasteiger partial charge in [0.2, 0.25) is 0 Å². The summed E-state index contributed by atoms with van der Waals surface area (Å²) >= 11 is 0.747. The Balaban J connectivity index is 2.33. The molecule has 7 heteroatoms. The number of aromatic carboxylic acids is 1. The Morgan fingerprint density at radius 1 is 1.20 bits per heavy atom. The quantitative estimate of drug-likeness (QED) is 0.909. The fourth-order valence-corrected chi connectivity index (χ4v) is 4.06. The lowest BCUT2D eigenvalue weighted by molar-refractivity contribution is 0.0701. The summed E-state index contributed by atoms with van der Waals surface area (Å²) < 4.78 is 26.8. The number of aryl methyl sites for hydroxylation is 2. The van der Waals surface area contributed by atoms with Gasteiger partial charge >= 0.3 is 5.97 Å². The van der Waals surface area contributed by atoms with E-state index in [0.717, 1.165) is 16.9 Å². The number of carboxylic acid groups (broad SMARTS) is 1. The highest BCUT2D eigenvalue weighted by atomic mass is 32.2. The number of hydrogen-bond donors (Lipinski definition) is 2. The van der Waals surface area contributed by atoms with Gasteiger partial charge in [-0.15, -0.1) is 11.3 Å². The van der Waals surface area contributed by atoms with E-state index in [1.54, 1.807) is 31.2 Å². The standard InChI is InChI=1S/C13H13NO4S2/c1-8-3-5-10(6-4-8)14-20(17,18)11-7-9(2)12(19-11)13(15)16/h3-7,14H,1-2H3,(H,15,16). The van der Waals surface area contributed by atoms with Crippen LogP contribution in [0.1, 0.15) is 20.8 Å². The summed E-state index contributed by atoms with van der Waals surface area (Å²) in [7, 11) is -3.76. The molecular weight excluding hydrogens is 298 g/mol. The van der Waals surface area contributed by atoms with Gasteiger partial charge in [-0.1, -0.05) is 17.7 Å². The molecule has 2 aromatic rings. The van der Waals surface area contributed by atoms with E-state index in [4.69, 9.17) is 5.11 Å². The molecule has 0 spiro atoms. The molecule has 0 atom stereocenters. The van der Waals surface area contributed by atoms with Crippen LogP contribution in [0.25, 0.3) is 0 Å². The van der Waals surface area contributed by atoms with Gasteiger partial charge in [0, 0.05) is 5.69 Å². The van der Waals surface area contributed by atoms with E-state index in [9.17, 15) is 13.2 Å². The van der Waals surface area contributed by atoms with Crippen LogP contribution in [0.2, 0.25) is 0 Å². The van der Waals surface area contributed by atoms with Crippen LogP contribution in [0.5, 0.6) is 0 Å². The zero-order chi connectivity index (χ0) is 14.9. The van der Waals surface area contributed by atoms with Gasteiger partial charge in [-0.2, -0.15) is 0 Å². The number of benzene rings is 1. The molecule has 20 heavy (non-hydrogen) atoms. The summed E-state index contributed by atoms with van der Waals surface area (Å²) in [6.45, 7) is 3.48. The summed E-state index contributed by atoms with van der Waals surface area (Å²) in [6.07, 6.45) is 0. The maximum atomic E-state index is 12.2. The fraction of sp³-hybridized carbons (Fsp3) is 0.154. The van der Waals surface area contributed by atoms with Crippen molar-refractivity contribution in [1.82, 2.24) is 0 Å². The molecule has 0 saturated heterocycles. The zero-order valence-corrected chi connectivity index (χ0v) is 12.5. The molecule has 1 aromatic heterocycles. The molecule has 0 bridgehead atoms. The van der Waals surface area contributed by atoms with Crippen molar-refractivity contribution in [2.24, 2.45) is 0 Å². The van der Waals surface area contributed by atoms with Gasteiger partial charge in [0.25, 0.3) is 10.0 Å². The molecule has 106 valence electrons. The number of thiophene rings is 1. The molecule has 0 unspecified atom stereocenters. The molecular formula is C13H13NO4S2. The highest BCUT2D eigenvalue weighted by molar-refractivity contribution is 7.94. The van der Waals surface area contributed by atoms with Crippen molar-refractivity contribution in [2.75, 3.05) is 4.72 Å². The monoisotopic (exact) mass is 311 g/mol. The minimum atomic E-state index is -3.76. The predicted molar refractivity (Wildman–Crippen MR) is 78.0 cm³/mol. The van der Waals surface area contributed by atoms with Crippen LogP contribution in [0.3, 0.4) is 0 Å². The van der Waals surface area contributed by atoms with Crippen molar-refractivity contribution in [3.8, 4) is 0 Å². The zero-order valence-electron chi connectivity index (χ0n) is 10.9. The van der Waals surface area contributed by atoms with E-state index in [0.29, 0.717) is 11.3 Å². The number of carbonyl (C=O) groups is 1. The molecule has 0 radical (unpaired) electrons. The Morgan fingerprint density at radius 3 is 2.30 bits per heavy atom. The van der Waals surface area contributed by atoms with E-state index >= 15 is 0 Å². The third kappa shape index (κ3) is 3.00. The highest BCUT2D eigenvalue weighted by Crippen LogP contribution is 2.27. The molecule has 0 saturated carbocycles. The summed E-state index contributed by atoms with van der Waals surface area (Å²) in [6, 6.07) is 8.27. The van der Waals surface area contributed by atoms with Crippen molar-refractivity contribution in [1.29, 1.82) is 0 Å². The largest absolute Gasteiger partial charge is 0.477 e. The average molecular weight is 311 g/mol. The Morgan fingerprint density at radius 2 is 1.80 bits per heavy atom. The molecule has 0 fully saturated rings. The summed E-state index contributed by atoms with van der Waals surface area (Å²) in [4.78, 5) is 11.0. The van der Waals surface area contributed by atoms with Crippen LogP contribution in [0.15, 0.2) is 34.5 Å². The van der Waals surface area contributed by atoms with E-state index in [2.05, 4.69) is 4.72 Å². The SMILES string of the molecule is Cc1ccc(NS(=O)(=O)c2cc(C)c(C(=O)O)s2)cc1. The Kier molecular flexibility index (Phi) is 3.82. The first-order valence-electron chi connectivity index (χ1n) is 5.73. The van der Waals surface area contributed by atoms with Gasteiger partial charge < -0.3 is 5.11 Å². The molecule has 1 heterocycles. The summed E-state index contributed by atoms with van der Waals surface area (Å²) in [5, 5.41) is 8.96. The second-order valence-electron chi connectivity index (χ2n) is 4.35. The molecule has 0 aliphatic heterocycles. The van der Waals surface area contributed by atoms with Crippen molar-refractivity contribution >= 4 is 33.0 Å². The van der Waals surface area contributed by atoms with Crippen LogP contribution in [-0.2, 0) is 10.0 Å². The molecule has 0 amide bonds. The number of hydrogen-bond acceptors (Lipinski definition) is 4. The second kappa shape index (κ2) is 5.26. The highest BCUT2D eigenvalue weighted by Gasteiger charge is 2.21. The molecule has 0 aliphatic carbocycles. The van der Waals surface area contributed by atoms with E-state index in [1.165, 1.54) is 6.07 Å². The topological polar surface area (TPSA) is 83.5 Å². The van der Waals surface area contributed by atoms with Crippen molar-refractivity contribution in [3.63, 3.8) is 0 Å². The van der Waals surface area contributed by atoms with E-state index in [-0.39, 0.29) is 9.09 Å². The van der Waals surface area contributed by atoms with E-state index < -0.39 is 16.0 Å². The Hall–Kier alpha value is -1.86. The lowest BCUT2D eigenvalue weighted by Crippen LogP contribution is -2.11. The van der Waals surface area contributed by atoms with E-state index in [1.807, 2.05) is 6.92 Å². The molecule has 1 aromatic carbocycles. The van der Waals surface area contributed by atoms with Gasteiger partial charge in [0.05, 0.1) is 0 Å². The van der Waals surface area contributed by atoms with Crippen molar-refractivity contribution < 1.29 is 18.3 Å². The lowest BCUT2D eigenvalue weighted by atomic mass is 10.2. The Bertz CT molecular complexity index is 745. The maximum absolute atomic E-state index is 12.2. The summed E-state index contributed by atoms with van der Waals surface area (Å²) in [5.74, 6) is -1.12. The number of carboxylic acids is 1. The first-order chi connectivity index (χ1) is 9.29. The van der Waals surface area contributed by atoms with Gasteiger partial charge in [-0.3, -0.25) is 4.72 Å². The first-order valence-corrected chi connectivity index (χ1v) is 8.03. The van der Waals surface area contributed by atoms with Crippen LogP contribution < -0.4 is 4.72 Å². The third-order valence-corrected chi connectivity index (χ3v) is 5.74. The second-order valence-corrected chi connectivity index (χ2v) is 7.32. The lowest BCUT2D eigenvalue weighted by Gasteiger charge is -2.06. The Labute approximate surface area is 120 Å². The number of nitrogens with one attached hydrogen (secondary N) is 1. The van der Waals surface area contributed by atoms with Crippen LogP contribution >= 0.6 is 11.3 Å². The minimum absolute atomic E-state index is 0.00650. The van der Waals surface area contributed by atoms with Crippen molar-refractivity contribution in [3.05, 3.63) is 46.3 Å². The predicted octanol–water partition coefficient (Wildman–Crippen LogP) is 2.86. The van der Waals surface area contributed by atoms with Crippen LogP contribution in [0.4, 0.5) is 5.69 Å². The van der Waals surface area contributed by atoms with Gasteiger partial charge in [-0.05, 0) is 37.6 Å². The van der Waals surface area contributed by atoms with Crippen molar-refractivity contribution in [2.45, 2.75) is 18.1 Å². The summed E-state index contributed by atoms with van der Waals surface area (Å²) in [5.41, 5.74) is 1.90. The number of anilines is 1. The normalized spacial score (nSPS) is 11.3. The van der Waals surface area contributed by atoms with Gasteiger partial charge in [0.15, 0.2) is 0 Å². The molecule has 2 rings (SSSR count). The number of sulfonamides is 1. The molecule has 0 aliphatic rings. The molecule has 5 nitrogen and oxygen atoms in total. The maximum Gasteiger partial charge on any atom is 0.346 e. The molecule has 2 N–H and O–H groups in total. The average Bonchev–Trinajstić information content (AvgIpc) is 2.75. The number of rotatable bonds is 4. The van der Waals surface area contributed by atoms with Gasteiger partial charge in [0.1, 0.15) is 9.09 Å². The minimum Gasteiger partial charge on any atom is -0.477 e. The smallest absolute Gasteiger partial charge is 0.346 e.